The van der Waals surface area contributed by atoms with Crippen LogP contribution in [0.1, 0.15) is 18.6 Å². The summed E-state index contributed by atoms with van der Waals surface area (Å²) in [5.41, 5.74) is 0.0459. The zero-order chi connectivity index (χ0) is 14.5. The molecule has 4 nitrogen and oxygen atoms in total. The van der Waals surface area contributed by atoms with Crippen LogP contribution in [0, 0.1) is 0 Å². The van der Waals surface area contributed by atoms with Crippen LogP contribution in [0.5, 0.6) is 0 Å². The molecule has 0 radical (unpaired) electrons. The van der Waals surface area contributed by atoms with Crippen LogP contribution in [0.25, 0.3) is 0 Å². The molecular formula is C15H20O4Si. The normalized spacial score (nSPS) is 33.5. The zero-order valence-electron chi connectivity index (χ0n) is 12.3. The molecule has 2 heterocycles. The summed E-state index contributed by atoms with van der Waals surface area (Å²) in [6.07, 6.45) is -0.756. The molecule has 2 fully saturated rings. The highest BCUT2D eigenvalue weighted by molar-refractivity contribution is 6.69. The van der Waals surface area contributed by atoms with Crippen LogP contribution in [-0.2, 0) is 18.7 Å². The van der Waals surface area contributed by atoms with Crippen molar-refractivity contribution in [1.29, 1.82) is 0 Å². The first-order valence-electron chi connectivity index (χ1n) is 6.96. The molecule has 3 rings (SSSR count). The van der Waals surface area contributed by atoms with Gasteiger partial charge in [0, 0.05) is 0 Å². The molecule has 1 aromatic carbocycles. The van der Waals surface area contributed by atoms with Crippen LogP contribution in [0.15, 0.2) is 30.3 Å². The van der Waals surface area contributed by atoms with E-state index in [-0.39, 0.29) is 24.3 Å². The predicted molar refractivity (Wildman–Crippen MR) is 76.8 cm³/mol. The fourth-order valence-electron chi connectivity index (χ4n) is 2.81. The maximum Gasteiger partial charge on any atom is 0.344 e. The van der Waals surface area contributed by atoms with E-state index in [0.717, 1.165) is 5.56 Å². The largest absolute Gasteiger partial charge is 0.457 e. The number of carbonyl (C=O) groups excluding carboxylic acids is 1. The number of epoxide rings is 1. The van der Waals surface area contributed by atoms with Gasteiger partial charge in [-0.15, -0.1) is 0 Å². The van der Waals surface area contributed by atoms with E-state index in [1.807, 2.05) is 37.3 Å². The number of fused-ring (bicyclic) bond motifs is 1. The molecule has 108 valence electrons. The average Bonchev–Trinajstić information content (AvgIpc) is 3.07. The third-order valence-electron chi connectivity index (χ3n) is 3.69. The van der Waals surface area contributed by atoms with E-state index in [1.54, 1.807) is 0 Å². The minimum Gasteiger partial charge on any atom is -0.457 e. The molecule has 0 saturated carbocycles. The number of esters is 1. The van der Waals surface area contributed by atoms with Crippen LogP contribution in [-0.4, -0.2) is 32.1 Å². The van der Waals surface area contributed by atoms with Crippen LogP contribution < -0.4 is 0 Å². The second kappa shape index (κ2) is 4.41. The van der Waals surface area contributed by atoms with Crippen molar-refractivity contribution < 1.29 is 18.7 Å². The van der Waals surface area contributed by atoms with Crippen molar-refractivity contribution in [3.05, 3.63) is 35.9 Å². The molecule has 2 aliphatic heterocycles. The number of cyclic esters (lactones) is 1. The number of carbonyl (C=O) groups is 1. The van der Waals surface area contributed by atoms with Gasteiger partial charge >= 0.3 is 5.97 Å². The third-order valence-corrected chi connectivity index (χ3v) is 4.63. The molecule has 1 unspecified atom stereocenters. The maximum absolute atomic E-state index is 12.2. The summed E-state index contributed by atoms with van der Waals surface area (Å²) < 4.78 is 17.3. The molecule has 20 heavy (non-hydrogen) atoms. The summed E-state index contributed by atoms with van der Waals surface area (Å²) in [5.74, 6) is -0.290. The van der Waals surface area contributed by atoms with Gasteiger partial charge in [-0.25, -0.2) is 4.79 Å². The van der Waals surface area contributed by atoms with Gasteiger partial charge in [0.25, 0.3) is 0 Å². The number of hydrogen-bond acceptors (Lipinski definition) is 4. The molecular weight excluding hydrogens is 272 g/mol. The molecule has 2 saturated heterocycles. The van der Waals surface area contributed by atoms with Gasteiger partial charge in [-0.3, -0.25) is 0 Å². The van der Waals surface area contributed by atoms with Crippen LogP contribution >= 0.6 is 0 Å². The van der Waals surface area contributed by atoms with E-state index < -0.39 is 13.9 Å². The quantitative estimate of drug-likeness (QED) is 0.486. The summed E-state index contributed by atoms with van der Waals surface area (Å²) in [4.78, 5) is 12.2. The first kappa shape index (κ1) is 13.8. The lowest BCUT2D eigenvalue weighted by Gasteiger charge is -2.29. The molecule has 0 spiro atoms. The summed E-state index contributed by atoms with van der Waals surface area (Å²) in [6, 6.07) is 9.82. The second-order valence-corrected chi connectivity index (χ2v) is 10.9. The summed E-state index contributed by atoms with van der Waals surface area (Å²) in [7, 11) is -1.83. The highest BCUT2D eigenvalue weighted by Gasteiger charge is 2.76. The van der Waals surface area contributed by atoms with E-state index in [9.17, 15) is 4.79 Å². The Labute approximate surface area is 120 Å². The Balaban J connectivity index is 1.98. The zero-order valence-corrected chi connectivity index (χ0v) is 13.3. The SMILES string of the molecule is C[C@@H]1OC(=O)[C@@]2(C(O[Si](C)(C)C)c3ccccc3)O[C@@H]12. The fraction of sp³-hybridized carbons (Fsp3) is 0.533. The Morgan fingerprint density at radius 1 is 1.25 bits per heavy atom. The van der Waals surface area contributed by atoms with Gasteiger partial charge in [-0.1, -0.05) is 30.3 Å². The van der Waals surface area contributed by atoms with Gasteiger partial charge < -0.3 is 13.9 Å². The van der Waals surface area contributed by atoms with Crippen molar-refractivity contribution in [1.82, 2.24) is 0 Å². The van der Waals surface area contributed by atoms with E-state index >= 15 is 0 Å². The lowest BCUT2D eigenvalue weighted by Crippen LogP contribution is -2.39. The summed E-state index contributed by atoms with van der Waals surface area (Å²) in [5, 5.41) is 0. The molecule has 4 atom stereocenters. The smallest absolute Gasteiger partial charge is 0.344 e. The van der Waals surface area contributed by atoms with E-state index in [4.69, 9.17) is 13.9 Å². The number of hydrogen-bond donors (Lipinski definition) is 0. The molecule has 0 aliphatic carbocycles. The van der Waals surface area contributed by atoms with Crippen molar-refractivity contribution in [2.24, 2.45) is 0 Å². The Kier molecular flexibility index (Phi) is 3.04. The molecule has 5 heteroatoms. The Bertz CT molecular complexity index is 524. The molecule has 1 aromatic rings. The van der Waals surface area contributed by atoms with Gasteiger partial charge in [0.1, 0.15) is 18.3 Å². The number of ether oxygens (including phenoxy) is 2. The Morgan fingerprint density at radius 3 is 2.35 bits per heavy atom. The first-order valence-corrected chi connectivity index (χ1v) is 10.4. The molecule has 0 bridgehead atoms. The Hall–Kier alpha value is -1.17. The van der Waals surface area contributed by atoms with Gasteiger partial charge in [0.05, 0.1) is 0 Å². The lowest BCUT2D eigenvalue weighted by molar-refractivity contribution is -0.156. The fourth-order valence-corrected chi connectivity index (χ4v) is 3.83. The highest BCUT2D eigenvalue weighted by atomic mass is 28.4. The van der Waals surface area contributed by atoms with Crippen molar-refractivity contribution in [3.8, 4) is 0 Å². The van der Waals surface area contributed by atoms with Crippen molar-refractivity contribution in [2.45, 2.75) is 50.5 Å². The minimum absolute atomic E-state index is 0.184. The topological polar surface area (TPSA) is 48.1 Å². The average molecular weight is 292 g/mol. The van der Waals surface area contributed by atoms with Gasteiger partial charge in [0.2, 0.25) is 5.60 Å². The van der Waals surface area contributed by atoms with Crippen molar-refractivity contribution in [3.63, 3.8) is 0 Å². The minimum atomic E-state index is -1.83. The molecule has 2 aliphatic rings. The lowest BCUT2D eigenvalue weighted by atomic mass is 9.93. The van der Waals surface area contributed by atoms with Crippen LogP contribution in [0.4, 0.5) is 0 Å². The highest BCUT2D eigenvalue weighted by Crippen LogP contribution is 2.56. The molecule has 0 aromatic heterocycles. The molecule has 0 amide bonds. The number of benzene rings is 1. The van der Waals surface area contributed by atoms with E-state index in [0.29, 0.717) is 0 Å². The third kappa shape index (κ3) is 2.10. The van der Waals surface area contributed by atoms with Gasteiger partial charge in [0.15, 0.2) is 8.32 Å². The summed E-state index contributed by atoms with van der Waals surface area (Å²) in [6.45, 7) is 8.20. The number of rotatable bonds is 4. The van der Waals surface area contributed by atoms with Gasteiger partial charge in [-0.05, 0) is 32.1 Å². The Morgan fingerprint density at radius 2 is 1.90 bits per heavy atom. The predicted octanol–water partition coefficient (Wildman–Crippen LogP) is 2.66. The monoisotopic (exact) mass is 292 g/mol. The second-order valence-electron chi connectivity index (χ2n) is 6.46. The first-order chi connectivity index (χ1) is 9.34. The standard InChI is InChI=1S/C15H20O4Si/c1-10-12-15(18-12,14(16)17-10)13(19-20(2,3)4)11-8-6-5-7-9-11/h5-10,12-13H,1-4H3/t10-,12-,13?,15+/m0/s1. The summed E-state index contributed by atoms with van der Waals surface area (Å²) >= 11 is 0. The van der Waals surface area contributed by atoms with Gasteiger partial charge in [-0.2, -0.15) is 0 Å². The van der Waals surface area contributed by atoms with Crippen LogP contribution in [0.3, 0.4) is 0 Å². The van der Waals surface area contributed by atoms with Crippen LogP contribution in [0.2, 0.25) is 19.6 Å². The maximum atomic E-state index is 12.2. The van der Waals surface area contributed by atoms with Crippen molar-refractivity contribution in [2.75, 3.05) is 0 Å². The van der Waals surface area contributed by atoms with E-state index in [1.165, 1.54) is 0 Å². The molecule has 0 N–H and O–H groups in total. The van der Waals surface area contributed by atoms with E-state index in [2.05, 4.69) is 19.6 Å². The van der Waals surface area contributed by atoms with Crippen molar-refractivity contribution >= 4 is 14.3 Å².